The van der Waals surface area contributed by atoms with Gasteiger partial charge >= 0.3 is 0 Å². The second-order valence-electron chi connectivity index (χ2n) is 6.93. The van der Waals surface area contributed by atoms with Crippen LogP contribution in [0.1, 0.15) is 75.7 Å². The van der Waals surface area contributed by atoms with Crippen LogP contribution in [0, 0.1) is 26.2 Å². The molecule has 2 rings (SSSR count). The second-order valence-corrected chi connectivity index (χ2v) is 6.93. The summed E-state index contributed by atoms with van der Waals surface area (Å²) in [6.45, 7) is 12.9. The van der Waals surface area contributed by atoms with Crippen molar-refractivity contribution in [3.05, 3.63) is 70.3 Å². The molecule has 27 heavy (non-hydrogen) atoms. The Morgan fingerprint density at radius 1 is 0.815 bits per heavy atom. The zero-order valence-electron chi connectivity index (χ0n) is 18.6. The van der Waals surface area contributed by atoms with E-state index in [-0.39, 0.29) is 7.58 Å². The van der Waals surface area contributed by atoms with Crippen molar-refractivity contribution in [3.8, 4) is 0 Å². The maximum absolute atomic E-state index is 6.98. The van der Waals surface area contributed by atoms with Crippen molar-refractivity contribution in [1.29, 1.82) is 5.41 Å². The largest absolute Gasteiger partial charge is 0.344 e. The van der Waals surface area contributed by atoms with Crippen LogP contribution in [0.2, 0.25) is 0 Å². The van der Waals surface area contributed by atoms with Gasteiger partial charge in [-0.25, -0.2) is 0 Å². The van der Waals surface area contributed by atoms with Crippen LogP contribution in [0.25, 0.3) is 0 Å². The summed E-state index contributed by atoms with van der Waals surface area (Å²) in [6, 6.07) is 15.1. The predicted octanol–water partition coefficient (Wildman–Crippen LogP) is 8.05. The lowest BCUT2D eigenvalue weighted by Crippen LogP contribution is -1.90. The third-order valence-corrected chi connectivity index (χ3v) is 4.19. The van der Waals surface area contributed by atoms with Gasteiger partial charge in [0.2, 0.25) is 0 Å². The molecule has 4 N–H and O–H groups in total. The van der Waals surface area contributed by atoms with Crippen LogP contribution in [-0.4, -0.2) is 6.21 Å². The first-order valence-electron chi connectivity index (χ1n) is 10.1. The van der Waals surface area contributed by atoms with Crippen LogP contribution in [-0.2, 0) is 12.8 Å². The van der Waals surface area contributed by atoms with E-state index in [9.17, 15) is 0 Å². The van der Waals surface area contributed by atoms with Gasteiger partial charge in [0, 0.05) is 7.85 Å². The van der Waals surface area contributed by atoms with Crippen molar-refractivity contribution in [2.45, 2.75) is 80.1 Å². The predicted molar refractivity (Wildman–Crippen MR) is 126 cm³/mol. The molecule has 0 fully saturated rings. The summed E-state index contributed by atoms with van der Waals surface area (Å²) in [5, 5.41) is 6.98. The Kier molecular flexibility index (Phi) is 17.7. The van der Waals surface area contributed by atoms with E-state index in [1.165, 1.54) is 66.1 Å². The molecule has 0 aliphatic carbocycles. The fourth-order valence-electron chi connectivity index (χ4n) is 2.53. The number of aryl methyl sites for hydroxylation is 4. The van der Waals surface area contributed by atoms with Crippen LogP contribution in [0.4, 0.5) is 0 Å². The van der Waals surface area contributed by atoms with E-state index in [0.717, 1.165) is 6.42 Å². The topological polar surface area (TPSA) is 58.9 Å². The molecule has 0 aliphatic rings. The molecular formula is C25H44N2. The fraction of sp³-hybridized carbons (Fsp3) is 0.480. The molecule has 2 heteroatoms. The van der Waals surface area contributed by atoms with E-state index in [4.69, 9.17) is 5.41 Å². The summed E-state index contributed by atoms with van der Waals surface area (Å²) in [5.41, 5.74) is 6.61. The molecule has 0 saturated carbocycles. The molecule has 154 valence electrons. The van der Waals surface area contributed by atoms with Crippen molar-refractivity contribution in [2.75, 3.05) is 0 Å². The third kappa shape index (κ3) is 13.9. The van der Waals surface area contributed by atoms with Gasteiger partial charge in [-0.15, -0.1) is 0 Å². The average Bonchev–Trinajstić information content (AvgIpc) is 2.62. The maximum atomic E-state index is 6.98. The minimum Gasteiger partial charge on any atom is -0.344 e. The van der Waals surface area contributed by atoms with Crippen molar-refractivity contribution in [1.82, 2.24) is 6.15 Å². The van der Waals surface area contributed by atoms with Crippen molar-refractivity contribution in [3.63, 3.8) is 0 Å². The lowest BCUT2D eigenvalue weighted by Gasteiger charge is -2.02. The first-order chi connectivity index (χ1) is 12.5. The fourth-order valence-corrected chi connectivity index (χ4v) is 2.53. The number of nitrogens with one attached hydrogen (secondary N) is 1. The van der Waals surface area contributed by atoms with E-state index in [0.29, 0.717) is 0 Å². The summed E-state index contributed by atoms with van der Waals surface area (Å²) in [7, 11) is 0. The Morgan fingerprint density at radius 2 is 1.37 bits per heavy atom. The zero-order valence-corrected chi connectivity index (χ0v) is 18.6. The summed E-state index contributed by atoms with van der Waals surface area (Å²) in [5.74, 6) is 0. The number of hydrogen-bond acceptors (Lipinski definition) is 2. The lowest BCUT2D eigenvalue weighted by atomic mass is 10.0. The quantitative estimate of drug-likeness (QED) is 0.495. The molecule has 0 radical (unpaired) electrons. The zero-order chi connectivity index (χ0) is 19.8. The highest BCUT2D eigenvalue weighted by Crippen LogP contribution is 2.10. The molecule has 2 aromatic carbocycles. The molecule has 0 aromatic heterocycles. The standard InChI is InChI=1S/C10H13N.C10H14.C5H12.H3N.H2/c1-8-3-4-9(2)10(7-8)5-6-11;1-3-4-10-7-5-9(2)6-8-10;1-3-5-4-2;;/h3-4,6-7,11H,5H2,1-2H3;5-8H,3-4H2,1-2H3;3-5H2,1-2H3;1H3;1H. The highest BCUT2D eigenvalue weighted by molar-refractivity contribution is 5.59. The van der Waals surface area contributed by atoms with Crippen LogP contribution in [0.5, 0.6) is 0 Å². The normalized spacial score (nSPS) is 9.11. The number of benzene rings is 2. The van der Waals surface area contributed by atoms with Crippen LogP contribution < -0.4 is 6.15 Å². The molecule has 0 aliphatic heterocycles. The monoisotopic (exact) mass is 372 g/mol. The van der Waals surface area contributed by atoms with Gasteiger partial charge in [-0.05, 0) is 50.1 Å². The summed E-state index contributed by atoms with van der Waals surface area (Å²) < 4.78 is 0. The minimum absolute atomic E-state index is 0. The smallest absolute Gasteiger partial charge is 0.00741 e. The van der Waals surface area contributed by atoms with Gasteiger partial charge in [0.1, 0.15) is 0 Å². The first kappa shape index (κ1) is 27.3. The number of hydrogen-bond donors (Lipinski definition) is 2. The molecule has 2 nitrogen and oxygen atoms in total. The lowest BCUT2D eigenvalue weighted by molar-refractivity contribution is 0.772. The molecule has 0 spiro atoms. The van der Waals surface area contributed by atoms with Gasteiger partial charge in [-0.2, -0.15) is 0 Å². The first-order valence-corrected chi connectivity index (χ1v) is 10.1. The van der Waals surface area contributed by atoms with Gasteiger partial charge in [-0.3, -0.25) is 0 Å². The second kappa shape index (κ2) is 17.5. The maximum Gasteiger partial charge on any atom is 0.00741 e. The molecule has 0 unspecified atom stereocenters. The van der Waals surface area contributed by atoms with E-state index in [1.54, 1.807) is 0 Å². The average molecular weight is 373 g/mol. The molecule has 0 amide bonds. The summed E-state index contributed by atoms with van der Waals surface area (Å²) in [4.78, 5) is 0. The van der Waals surface area contributed by atoms with Gasteiger partial charge < -0.3 is 11.6 Å². The van der Waals surface area contributed by atoms with Gasteiger partial charge in [0.05, 0.1) is 0 Å². The molecular weight excluding hydrogens is 328 g/mol. The Hall–Kier alpha value is -1.93. The number of unbranched alkanes of at least 4 members (excludes halogenated alkanes) is 2. The molecule has 0 saturated heterocycles. The van der Waals surface area contributed by atoms with Gasteiger partial charge in [-0.1, -0.05) is 100 Å². The SMILES string of the molecule is CCCCC.CCCc1ccc(C)cc1.Cc1ccc(C)c(CC=N)c1.N.[HH]. The van der Waals surface area contributed by atoms with E-state index in [1.807, 2.05) is 0 Å². The van der Waals surface area contributed by atoms with Crippen LogP contribution in [0.3, 0.4) is 0 Å². The summed E-state index contributed by atoms with van der Waals surface area (Å²) >= 11 is 0. The summed E-state index contributed by atoms with van der Waals surface area (Å²) in [6.07, 6.45) is 8.73. The number of rotatable bonds is 6. The molecule has 0 bridgehead atoms. The Labute approximate surface area is 170 Å². The highest BCUT2D eigenvalue weighted by Gasteiger charge is 1.95. The van der Waals surface area contributed by atoms with Crippen LogP contribution in [0.15, 0.2) is 42.5 Å². The molecule has 2 aromatic rings. The van der Waals surface area contributed by atoms with Crippen molar-refractivity contribution in [2.24, 2.45) is 0 Å². The van der Waals surface area contributed by atoms with Crippen LogP contribution >= 0.6 is 0 Å². The minimum atomic E-state index is 0. The van der Waals surface area contributed by atoms with Gasteiger partial charge in [0.15, 0.2) is 0 Å². The van der Waals surface area contributed by atoms with E-state index < -0.39 is 0 Å². The molecule has 0 heterocycles. The van der Waals surface area contributed by atoms with Gasteiger partial charge in [0.25, 0.3) is 0 Å². The highest BCUT2D eigenvalue weighted by atomic mass is 14.3. The van der Waals surface area contributed by atoms with Crippen molar-refractivity contribution >= 4 is 6.21 Å². The Bertz CT molecular complexity index is 604. The Balaban J connectivity index is -0.000000344. The third-order valence-electron chi connectivity index (χ3n) is 4.19. The Morgan fingerprint density at radius 3 is 1.81 bits per heavy atom. The van der Waals surface area contributed by atoms with Crippen molar-refractivity contribution < 1.29 is 1.43 Å². The van der Waals surface area contributed by atoms with E-state index in [2.05, 4.69) is 84.0 Å². The molecule has 0 atom stereocenters. The van der Waals surface area contributed by atoms with E-state index >= 15 is 0 Å².